The molecule has 0 unspecified atom stereocenters. The van der Waals surface area contributed by atoms with Crippen LogP contribution in [0.1, 0.15) is 0 Å². The number of fused-ring (bicyclic) bond motifs is 9. The fourth-order valence-electron chi connectivity index (χ4n) is 15.8. The Labute approximate surface area is 688 Å². The van der Waals surface area contributed by atoms with E-state index in [4.69, 9.17) is 9.97 Å². The smallest absolute Gasteiger partial charge is 0.0965 e. The van der Waals surface area contributed by atoms with Crippen LogP contribution in [-0.2, 0) is 0 Å². The lowest BCUT2D eigenvalue weighted by Crippen LogP contribution is -2.10. The Morgan fingerprint density at radius 3 is 0.681 bits per heavy atom. The summed E-state index contributed by atoms with van der Waals surface area (Å²) in [5.74, 6) is 0. The van der Waals surface area contributed by atoms with Gasteiger partial charge in [0, 0.05) is 151 Å². The van der Waals surface area contributed by atoms with E-state index in [9.17, 15) is 0 Å². The molecule has 5 aromatic heterocycles. The normalized spacial score (nSPS) is 11.2. The van der Waals surface area contributed by atoms with Gasteiger partial charge < -0.3 is 28.8 Å². The predicted octanol–water partition coefficient (Wildman–Crippen LogP) is 28.8. The second kappa shape index (κ2) is 32.3. The summed E-state index contributed by atoms with van der Waals surface area (Å²) in [6, 6.07) is 143. The molecule has 0 atom stereocenters. The van der Waals surface area contributed by atoms with Crippen molar-refractivity contribution in [1.29, 1.82) is 0 Å². The summed E-state index contributed by atoms with van der Waals surface area (Å²) in [4.78, 5) is 23.4. The van der Waals surface area contributed by atoms with Gasteiger partial charge in [-0.25, -0.2) is 0 Å². The molecule has 0 saturated carbocycles. The number of nitrogens with zero attached hydrogens (tertiary/aromatic N) is 9. The van der Waals surface area contributed by atoms with Crippen LogP contribution in [0.25, 0.3) is 128 Å². The van der Waals surface area contributed by atoms with Gasteiger partial charge in [0.1, 0.15) is 0 Å². The fourth-order valence-corrected chi connectivity index (χ4v) is 16.3. The lowest BCUT2D eigenvalue weighted by Gasteiger charge is -2.26. The van der Waals surface area contributed by atoms with Crippen molar-refractivity contribution in [3.8, 4) is 62.1 Å². The second-order valence-electron chi connectivity index (χ2n) is 28.1. The van der Waals surface area contributed by atoms with Crippen LogP contribution in [0.15, 0.2) is 440 Å². The summed E-state index contributed by atoms with van der Waals surface area (Å²) in [5, 5.41) is 11.0. The molecule has 0 aliphatic rings. The lowest BCUT2D eigenvalue weighted by molar-refractivity contribution is 1.17. The van der Waals surface area contributed by atoms with Crippen LogP contribution in [0.3, 0.4) is 0 Å². The maximum absolute atomic E-state index is 4.92. The molecule has 0 aliphatic heterocycles. The second-order valence-corrected chi connectivity index (χ2v) is 30.0. The van der Waals surface area contributed by atoms with Gasteiger partial charge in [0.15, 0.2) is 0 Å². The summed E-state index contributed by atoms with van der Waals surface area (Å²) in [5.41, 5.74) is 26.7. The van der Waals surface area contributed by atoms with Gasteiger partial charge >= 0.3 is 0 Å². The zero-order chi connectivity index (χ0) is 77.7. The average molecular weight is 1620 g/mol. The van der Waals surface area contributed by atoms with E-state index in [0.29, 0.717) is 0 Å². The van der Waals surface area contributed by atoms with E-state index in [-0.39, 0.29) is 0 Å². The molecule has 116 heavy (non-hydrogen) atoms. The minimum absolute atomic E-state index is 0.823. The topological polar surface area (TPSA) is 84.9 Å². The summed E-state index contributed by atoms with van der Waals surface area (Å²) in [6.07, 6.45) is 6.99. The number of halogens is 2. The number of benzene rings is 16. The first-order chi connectivity index (χ1) is 57.4. The molecule has 0 aliphatic carbocycles. The Balaban J connectivity index is 0.000000157. The fraction of sp³-hybridized carbons (Fsp3) is 0. The molecular weight excluding hydrogens is 1550 g/mol. The third kappa shape index (κ3) is 14.3. The maximum atomic E-state index is 4.92. The Bertz CT molecular complexity index is 6530. The Hall–Kier alpha value is -14.6. The quantitative estimate of drug-likeness (QED) is 0.109. The first-order valence-electron chi connectivity index (χ1n) is 38.5. The number of rotatable bonds is 15. The van der Waals surface area contributed by atoms with E-state index in [2.05, 4.69) is 410 Å². The molecule has 10 nitrogen and oxygen atoms in total. The molecule has 1 N–H and O–H groups in total. The molecule has 5 heterocycles. The maximum Gasteiger partial charge on any atom is 0.0965 e. The lowest BCUT2D eigenvalue weighted by atomic mass is 10.0. The molecule has 0 fully saturated rings. The summed E-state index contributed by atoms with van der Waals surface area (Å²) in [7, 11) is 0. The molecule has 21 rings (SSSR count). The highest BCUT2D eigenvalue weighted by Crippen LogP contribution is 2.43. The van der Waals surface area contributed by atoms with Crippen molar-refractivity contribution in [2.24, 2.45) is 0 Å². The van der Waals surface area contributed by atoms with Crippen LogP contribution in [0.2, 0.25) is 0 Å². The monoisotopic (exact) mass is 1620 g/mol. The van der Waals surface area contributed by atoms with E-state index < -0.39 is 0 Å². The van der Waals surface area contributed by atoms with Crippen molar-refractivity contribution in [3.63, 3.8) is 0 Å². The third-order valence-electron chi connectivity index (χ3n) is 21.1. The molecular formula is C104H72Br2N10. The first-order valence-corrected chi connectivity index (χ1v) is 40.1. The minimum atomic E-state index is 0.823. The van der Waals surface area contributed by atoms with E-state index in [1.165, 1.54) is 71.1 Å². The van der Waals surface area contributed by atoms with Crippen LogP contribution in [0, 0.1) is 0 Å². The number of aromatic nitrogens is 7. The zero-order valence-electron chi connectivity index (χ0n) is 62.8. The van der Waals surface area contributed by atoms with Crippen LogP contribution in [0.4, 0.5) is 45.5 Å². The molecule has 21 aromatic rings. The van der Waals surface area contributed by atoms with Gasteiger partial charge in [-0.2, -0.15) is 0 Å². The Morgan fingerprint density at radius 2 is 0.405 bits per heavy atom. The van der Waals surface area contributed by atoms with Gasteiger partial charge in [-0.15, -0.1) is 0 Å². The van der Waals surface area contributed by atoms with Crippen LogP contribution in [0.5, 0.6) is 0 Å². The van der Waals surface area contributed by atoms with Crippen molar-refractivity contribution in [2.45, 2.75) is 0 Å². The number of nitrogens with one attached hydrogen (secondary N) is 1. The third-order valence-corrected chi connectivity index (χ3v) is 22.2. The predicted molar refractivity (Wildman–Crippen MR) is 490 cm³/mol. The first kappa shape index (κ1) is 71.7. The number of hydrogen-bond acceptors (Lipinski definition) is 7. The van der Waals surface area contributed by atoms with Gasteiger partial charge in [0.25, 0.3) is 0 Å². The highest BCUT2D eigenvalue weighted by Gasteiger charge is 2.21. The summed E-state index contributed by atoms with van der Waals surface area (Å²) >= 11 is 6.90. The minimum Gasteiger partial charge on any atom is -0.356 e. The van der Waals surface area contributed by atoms with Gasteiger partial charge in [0.05, 0.1) is 55.9 Å². The molecule has 0 amide bonds. The Morgan fingerprint density at radius 1 is 0.198 bits per heavy atom. The van der Waals surface area contributed by atoms with E-state index in [1.54, 1.807) is 24.8 Å². The van der Waals surface area contributed by atoms with Gasteiger partial charge in [-0.3, -0.25) is 19.9 Å². The molecule has 12 heteroatoms. The van der Waals surface area contributed by atoms with Crippen LogP contribution < -0.4 is 15.1 Å². The van der Waals surface area contributed by atoms with Crippen LogP contribution in [-0.4, -0.2) is 33.6 Å². The number of para-hydroxylation sites is 9. The van der Waals surface area contributed by atoms with Gasteiger partial charge in [0.2, 0.25) is 0 Å². The van der Waals surface area contributed by atoms with Crippen molar-refractivity contribution in [1.82, 2.24) is 33.6 Å². The Kier molecular flexibility index (Phi) is 20.0. The van der Waals surface area contributed by atoms with Gasteiger partial charge in [-0.05, 0) is 194 Å². The molecule has 0 bridgehead atoms. The van der Waals surface area contributed by atoms with Crippen molar-refractivity contribution >= 4 is 143 Å². The van der Waals surface area contributed by atoms with Crippen molar-refractivity contribution in [3.05, 3.63) is 440 Å². The SMILES string of the molecule is Brc1ccc(-c2nccnc2-c2ccc(Br)cc2)cc1.c1ccc(N(c2ccc(-c3nccnc3-c3ccc(N(c4ccccc4)c4ccc(-n5c6ccccc6c6ccccc65)cc4)cc3)cc2)c2ccc(-n3c4ccccc4c4ccccc43)cc2)cc1.c1ccc(Nc2ccc(-n3c4ccccc4c4ccccc43)cc2)cc1. The average Bonchev–Trinajstić information content (AvgIpc) is 1.57. The molecule has 0 radical (unpaired) electrons. The van der Waals surface area contributed by atoms with E-state index in [1.807, 2.05) is 66.7 Å². The van der Waals surface area contributed by atoms with Gasteiger partial charge in [-0.1, -0.05) is 244 Å². The van der Waals surface area contributed by atoms with Crippen LogP contribution >= 0.6 is 31.9 Å². The zero-order valence-corrected chi connectivity index (χ0v) is 65.9. The summed E-state index contributed by atoms with van der Waals surface area (Å²) in [6.45, 7) is 0. The summed E-state index contributed by atoms with van der Waals surface area (Å²) < 4.78 is 9.14. The highest BCUT2D eigenvalue weighted by atomic mass is 79.9. The standard InChI is InChI=1S/C64H44N6.C24H18N2.C16H10Br2N2/c1-3-15-47(16-4-1)67(51-35-39-53(40-36-51)69-59-23-11-7-19-55(59)56-20-8-12-24-60(56)69)49-31-27-45(28-32-49)63-64(66-44-43-65-63)46-29-33-50(34-30-46)68(48-17-5-2-6-18-48)52-37-41-54(42-38-52)70-61-25-13-9-21-57(61)58-22-10-14-26-62(58)70;1-2-8-18(9-3-1)25-19-14-16-20(17-15-19)26-23-12-6-4-10-21(23)22-11-5-7-13-24(22)26;17-13-5-1-11(2-6-13)15-16(20-10-9-19-15)12-3-7-14(18)8-4-12/h1-44H;1-17,25H;1-10H. The number of hydrogen-bond donors (Lipinski definition) is 1. The number of anilines is 8. The van der Waals surface area contributed by atoms with E-state index in [0.717, 1.165) is 111 Å². The van der Waals surface area contributed by atoms with E-state index >= 15 is 0 Å². The molecule has 16 aromatic carbocycles. The largest absolute Gasteiger partial charge is 0.356 e. The van der Waals surface area contributed by atoms with Crippen molar-refractivity contribution in [2.75, 3.05) is 15.1 Å². The molecule has 0 spiro atoms. The highest BCUT2D eigenvalue weighted by molar-refractivity contribution is 9.10. The molecule has 552 valence electrons. The molecule has 0 saturated heterocycles. The van der Waals surface area contributed by atoms with Crippen molar-refractivity contribution < 1.29 is 0 Å².